The number of hydrogen-bond donors (Lipinski definition) is 1. The highest BCUT2D eigenvalue weighted by Crippen LogP contribution is 2.30. The normalized spacial score (nSPS) is 12.3. The van der Waals surface area contributed by atoms with Crippen molar-refractivity contribution in [2.75, 3.05) is 5.32 Å². The highest BCUT2D eigenvalue weighted by atomic mass is 32.2. The van der Waals surface area contributed by atoms with Gasteiger partial charge in [-0.2, -0.15) is 0 Å². The Balaban J connectivity index is 1.75. The van der Waals surface area contributed by atoms with E-state index >= 15 is 0 Å². The first kappa shape index (κ1) is 15.8. The van der Waals surface area contributed by atoms with Crippen LogP contribution in [-0.4, -0.2) is 21.1 Å². The molecule has 4 nitrogen and oxygen atoms in total. The number of hydrogen-bond acceptors (Lipinski definition) is 5. The molecule has 3 rings (SSSR count). The van der Waals surface area contributed by atoms with Crippen LogP contribution < -0.4 is 5.32 Å². The van der Waals surface area contributed by atoms with E-state index in [-0.39, 0.29) is 5.69 Å². The second-order valence-corrected chi connectivity index (χ2v) is 6.92. The quantitative estimate of drug-likeness (QED) is 0.568. The lowest BCUT2D eigenvalue weighted by molar-refractivity contribution is -0.115. The molecule has 0 unspecified atom stereocenters. The fraction of sp³-hybridized carbons (Fsp3) is 0.133. The molecule has 8 heteroatoms. The van der Waals surface area contributed by atoms with Gasteiger partial charge in [0.05, 0.1) is 10.9 Å². The third kappa shape index (κ3) is 3.48. The molecule has 0 aliphatic heterocycles. The lowest BCUT2D eigenvalue weighted by Gasteiger charge is -2.12. The molecule has 118 valence electrons. The second-order valence-electron chi connectivity index (χ2n) is 4.69. The van der Waals surface area contributed by atoms with Gasteiger partial charge in [0.1, 0.15) is 27.8 Å². The van der Waals surface area contributed by atoms with Crippen molar-refractivity contribution in [1.29, 1.82) is 0 Å². The molecule has 23 heavy (non-hydrogen) atoms. The molecule has 0 radical (unpaired) electrons. The Hall–Kier alpha value is -2.06. The Kier molecular flexibility index (Phi) is 4.53. The summed E-state index contributed by atoms with van der Waals surface area (Å²) in [5.74, 6) is -1.72. The second kappa shape index (κ2) is 6.59. The van der Waals surface area contributed by atoms with Gasteiger partial charge in [0.2, 0.25) is 5.91 Å². The summed E-state index contributed by atoms with van der Waals surface area (Å²) in [6, 6.07) is 4.81. The summed E-state index contributed by atoms with van der Waals surface area (Å²) in [6.45, 7) is 1.68. The zero-order chi connectivity index (χ0) is 16.4. The fourth-order valence-corrected chi connectivity index (χ4v) is 3.61. The number of thiophene rings is 1. The van der Waals surface area contributed by atoms with Crippen molar-refractivity contribution in [3.63, 3.8) is 0 Å². The third-order valence-electron chi connectivity index (χ3n) is 3.07. The molecule has 1 N–H and O–H groups in total. The van der Waals surface area contributed by atoms with Gasteiger partial charge in [-0.15, -0.1) is 11.3 Å². The number of fused-ring (bicyclic) bond motifs is 1. The van der Waals surface area contributed by atoms with Crippen LogP contribution >= 0.6 is 23.1 Å². The molecule has 1 aromatic carbocycles. The maximum atomic E-state index is 13.6. The molecule has 0 aliphatic carbocycles. The number of carbonyl (C=O) groups excluding carboxylic acids is 1. The predicted octanol–water partition coefficient (Wildman–Crippen LogP) is 4.09. The Morgan fingerprint density at radius 2 is 2.13 bits per heavy atom. The first-order chi connectivity index (χ1) is 11.0. The molecular weight excluding hydrogens is 340 g/mol. The topological polar surface area (TPSA) is 54.9 Å². The molecule has 1 amide bonds. The van der Waals surface area contributed by atoms with Gasteiger partial charge in [-0.3, -0.25) is 4.79 Å². The Bertz CT molecular complexity index is 869. The highest BCUT2D eigenvalue weighted by molar-refractivity contribution is 8.00. The number of benzene rings is 1. The van der Waals surface area contributed by atoms with Crippen molar-refractivity contribution in [3.8, 4) is 0 Å². The monoisotopic (exact) mass is 351 g/mol. The average Bonchev–Trinajstić information content (AvgIpc) is 3.00. The van der Waals surface area contributed by atoms with Crippen LogP contribution in [0.15, 0.2) is 41.0 Å². The van der Waals surface area contributed by atoms with Crippen molar-refractivity contribution in [2.45, 2.75) is 17.2 Å². The van der Waals surface area contributed by atoms with Crippen LogP contribution in [0.5, 0.6) is 0 Å². The number of amides is 1. The minimum Gasteiger partial charge on any atom is -0.323 e. The molecule has 2 heterocycles. The largest absolute Gasteiger partial charge is 0.323 e. The predicted molar refractivity (Wildman–Crippen MR) is 87.7 cm³/mol. The zero-order valence-electron chi connectivity index (χ0n) is 11.9. The molecule has 2 aromatic heterocycles. The molecule has 0 spiro atoms. The van der Waals surface area contributed by atoms with E-state index in [0.29, 0.717) is 5.03 Å². The minimum atomic E-state index is -0.681. The van der Waals surface area contributed by atoms with Crippen molar-refractivity contribution < 1.29 is 13.6 Å². The van der Waals surface area contributed by atoms with E-state index < -0.39 is 22.8 Å². The molecule has 0 aliphatic rings. The van der Waals surface area contributed by atoms with Gasteiger partial charge in [0.15, 0.2) is 0 Å². The summed E-state index contributed by atoms with van der Waals surface area (Å²) in [5, 5.41) is 5.32. The van der Waals surface area contributed by atoms with Gasteiger partial charge >= 0.3 is 0 Å². The summed E-state index contributed by atoms with van der Waals surface area (Å²) < 4.78 is 26.7. The molecule has 0 bridgehead atoms. The number of rotatable bonds is 4. The average molecular weight is 351 g/mol. The lowest BCUT2D eigenvalue weighted by Crippen LogP contribution is -2.23. The number of thioether (sulfide) groups is 1. The Labute approximate surface area is 139 Å². The molecule has 0 saturated heterocycles. The smallest absolute Gasteiger partial charge is 0.237 e. The SMILES string of the molecule is C[C@@H](Sc1ncnc2sccc12)C(=O)Nc1cc(F)ccc1F. The van der Waals surface area contributed by atoms with Crippen LogP contribution in [0.3, 0.4) is 0 Å². The van der Waals surface area contributed by atoms with Crippen molar-refractivity contribution in [3.05, 3.63) is 47.6 Å². The van der Waals surface area contributed by atoms with E-state index in [2.05, 4.69) is 15.3 Å². The van der Waals surface area contributed by atoms with Crippen molar-refractivity contribution in [2.24, 2.45) is 0 Å². The Morgan fingerprint density at radius 3 is 2.96 bits per heavy atom. The van der Waals surface area contributed by atoms with E-state index in [1.165, 1.54) is 29.4 Å². The number of carbonyl (C=O) groups is 1. The van der Waals surface area contributed by atoms with Crippen LogP contribution in [0.1, 0.15) is 6.92 Å². The van der Waals surface area contributed by atoms with Crippen LogP contribution in [0.2, 0.25) is 0 Å². The summed E-state index contributed by atoms with van der Waals surface area (Å²) in [4.78, 5) is 21.4. The lowest BCUT2D eigenvalue weighted by atomic mass is 10.3. The molecule has 1 atom stereocenters. The number of nitrogens with zero attached hydrogens (tertiary/aromatic N) is 2. The van der Waals surface area contributed by atoms with Gasteiger partial charge in [0.25, 0.3) is 0 Å². The molecular formula is C15H11F2N3OS2. The fourth-order valence-electron chi connectivity index (χ4n) is 1.91. The van der Waals surface area contributed by atoms with Gasteiger partial charge in [-0.1, -0.05) is 11.8 Å². The van der Waals surface area contributed by atoms with Gasteiger partial charge in [0, 0.05) is 11.5 Å². The van der Waals surface area contributed by atoms with E-state index in [4.69, 9.17) is 0 Å². The van der Waals surface area contributed by atoms with Crippen molar-refractivity contribution >= 4 is 44.9 Å². The number of nitrogens with one attached hydrogen (secondary N) is 1. The van der Waals surface area contributed by atoms with Crippen LogP contribution in [0.4, 0.5) is 14.5 Å². The van der Waals surface area contributed by atoms with Gasteiger partial charge in [-0.25, -0.2) is 18.7 Å². The number of anilines is 1. The van der Waals surface area contributed by atoms with E-state index in [1.54, 1.807) is 6.92 Å². The van der Waals surface area contributed by atoms with E-state index in [1.807, 2.05) is 11.4 Å². The number of halogens is 2. The van der Waals surface area contributed by atoms with Gasteiger partial charge in [-0.05, 0) is 30.5 Å². The number of aromatic nitrogens is 2. The highest BCUT2D eigenvalue weighted by Gasteiger charge is 2.18. The van der Waals surface area contributed by atoms with Crippen LogP contribution in [-0.2, 0) is 4.79 Å². The summed E-state index contributed by atoms with van der Waals surface area (Å²) in [6.07, 6.45) is 1.44. The van der Waals surface area contributed by atoms with E-state index in [9.17, 15) is 13.6 Å². The van der Waals surface area contributed by atoms with Gasteiger partial charge < -0.3 is 5.32 Å². The minimum absolute atomic E-state index is 0.175. The summed E-state index contributed by atoms with van der Waals surface area (Å²) >= 11 is 2.73. The standard InChI is InChI=1S/C15H11F2N3OS2/c1-8(13(21)20-12-6-9(16)2-3-11(12)17)23-15-10-4-5-22-14(10)18-7-19-15/h2-8H,1H3,(H,20,21)/t8-/m1/s1. The maximum Gasteiger partial charge on any atom is 0.237 e. The molecule has 0 fully saturated rings. The third-order valence-corrected chi connectivity index (χ3v) is 5.01. The molecule has 0 saturated carbocycles. The maximum absolute atomic E-state index is 13.6. The van der Waals surface area contributed by atoms with E-state index in [0.717, 1.165) is 28.4 Å². The van der Waals surface area contributed by atoms with Crippen LogP contribution in [0, 0.1) is 11.6 Å². The summed E-state index contributed by atoms with van der Waals surface area (Å²) in [5.41, 5.74) is -0.175. The first-order valence-corrected chi connectivity index (χ1v) is 8.41. The zero-order valence-corrected chi connectivity index (χ0v) is 13.5. The first-order valence-electron chi connectivity index (χ1n) is 6.65. The Morgan fingerprint density at radius 1 is 1.30 bits per heavy atom. The molecule has 3 aromatic rings. The summed E-state index contributed by atoms with van der Waals surface area (Å²) in [7, 11) is 0. The van der Waals surface area contributed by atoms with Crippen molar-refractivity contribution in [1.82, 2.24) is 9.97 Å². The van der Waals surface area contributed by atoms with Crippen LogP contribution in [0.25, 0.3) is 10.2 Å².